The summed E-state index contributed by atoms with van der Waals surface area (Å²) in [7, 11) is 0. The number of aromatic nitrogens is 4. The molecule has 7 aromatic rings. The SMILES string of the molecule is Cc1cc(C)cc(-c2ccccc2-c2ccc(-c3ccc(-c4nc(-c5ccc(C(C)(C)C)cc5)nc(-c5ccc(C(C)(C)C)cc5)n4)cn3)cc2)c1. The van der Waals surface area contributed by atoms with Crippen LogP contribution in [0.15, 0.2) is 134 Å². The Balaban J connectivity index is 1.21. The van der Waals surface area contributed by atoms with Crippen molar-refractivity contribution in [2.75, 3.05) is 0 Å². The zero-order valence-electron chi connectivity index (χ0n) is 31.5. The maximum Gasteiger partial charge on any atom is 0.165 e. The molecule has 0 aliphatic rings. The van der Waals surface area contributed by atoms with Crippen molar-refractivity contribution in [3.05, 3.63) is 156 Å². The second-order valence-electron chi connectivity index (χ2n) is 15.9. The van der Waals surface area contributed by atoms with E-state index in [0.29, 0.717) is 17.5 Å². The number of pyridine rings is 1. The van der Waals surface area contributed by atoms with E-state index in [1.807, 2.05) is 12.3 Å². The van der Waals surface area contributed by atoms with Crippen molar-refractivity contribution in [3.63, 3.8) is 0 Å². The molecule has 0 unspecified atom stereocenters. The number of aryl methyl sites for hydroxylation is 2. The quantitative estimate of drug-likeness (QED) is 0.176. The molecule has 0 saturated carbocycles. The molecule has 4 nitrogen and oxygen atoms in total. The Morgan fingerprint density at radius 2 is 0.788 bits per heavy atom. The molecule has 5 aromatic carbocycles. The van der Waals surface area contributed by atoms with E-state index in [-0.39, 0.29) is 10.8 Å². The minimum absolute atomic E-state index is 0.0571. The summed E-state index contributed by atoms with van der Waals surface area (Å²) in [4.78, 5) is 19.8. The Labute approximate surface area is 308 Å². The fourth-order valence-electron chi connectivity index (χ4n) is 6.64. The van der Waals surface area contributed by atoms with Crippen LogP contribution >= 0.6 is 0 Å². The maximum absolute atomic E-state index is 4.98. The van der Waals surface area contributed by atoms with Gasteiger partial charge in [-0.1, -0.05) is 168 Å². The molecule has 0 amide bonds. The Morgan fingerprint density at radius 1 is 0.385 bits per heavy atom. The maximum atomic E-state index is 4.98. The highest BCUT2D eigenvalue weighted by molar-refractivity contribution is 5.84. The third kappa shape index (κ3) is 7.48. The molecule has 0 saturated heterocycles. The van der Waals surface area contributed by atoms with Gasteiger partial charge in [-0.2, -0.15) is 0 Å². The number of rotatable bonds is 6. The predicted molar refractivity (Wildman–Crippen MR) is 217 cm³/mol. The summed E-state index contributed by atoms with van der Waals surface area (Å²) in [6.45, 7) is 17.6. The van der Waals surface area contributed by atoms with Crippen molar-refractivity contribution in [2.24, 2.45) is 0 Å². The van der Waals surface area contributed by atoms with Crippen LogP contribution in [-0.4, -0.2) is 19.9 Å². The van der Waals surface area contributed by atoms with E-state index in [1.165, 1.54) is 44.5 Å². The van der Waals surface area contributed by atoms with Gasteiger partial charge in [0.1, 0.15) is 0 Å². The molecule has 0 aliphatic heterocycles. The van der Waals surface area contributed by atoms with Crippen molar-refractivity contribution in [1.29, 1.82) is 0 Å². The van der Waals surface area contributed by atoms with Crippen LogP contribution in [0.25, 0.3) is 67.7 Å². The van der Waals surface area contributed by atoms with Gasteiger partial charge in [-0.15, -0.1) is 0 Å². The van der Waals surface area contributed by atoms with Crippen LogP contribution < -0.4 is 0 Å². The summed E-state index contributed by atoms with van der Waals surface area (Å²) in [6, 6.07) is 45.2. The van der Waals surface area contributed by atoms with Crippen molar-refractivity contribution in [2.45, 2.75) is 66.2 Å². The first-order valence-electron chi connectivity index (χ1n) is 18.0. The number of hydrogen-bond acceptors (Lipinski definition) is 4. The van der Waals surface area contributed by atoms with Crippen LogP contribution in [-0.2, 0) is 10.8 Å². The fourth-order valence-corrected chi connectivity index (χ4v) is 6.64. The Morgan fingerprint density at radius 3 is 1.23 bits per heavy atom. The summed E-state index contributed by atoms with van der Waals surface area (Å²) in [5, 5.41) is 0. The molecular formula is C48H46N4. The first-order chi connectivity index (χ1) is 24.8. The molecule has 7 rings (SSSR count). The van der Waals surface area contributed by atoms with Crippen molar-refractivity contribution < 1.29 is 0 Å². The van der Waals surface area contributed by atoms with Crippen LogP contribution in [0.1, 0.15) is 63.8 Å². The lowest BCUT2D eigenvalue weighted by molar-refractivity contribution is 0.590. The molecule has 2 aromatic heterocycles. The third-order valence-corrected chi connectivity index (χ3v) is 9.63. The summed E-state index contributed by atoms with van der Waals surface area (Å²) in [5.74, 6) is 1.87. The Hall–Kier alpha value is -5.74. The summed E-state index contributed by atoms with van der Waals surface area (Å²) in [6.07, 6.45) is 1.87. The summed E-state index contributed by atoms with van der Waals surface area (Å²) in [5.41, 5.74) is 14.7. The molecule has 0 spiro atoms. The first kappa shape index (κ1) is 34.7. The molecule has 0 fully saturated rings. The van der Waals surface area contributed by atoms with Gasteiger partial charge in [-0.25, -0.2) is 15.0 Å². The highest BCUT2D eigenvalue weighted by atomic mass is 15.0. The van der Waals surface area contributed by atoms with Crippen LogP contribution in [0.3, 0.4) is 0 Å². The van der Waals surface area contributed by atoms with Crippen LogP contribution in [0.2, 0.25) is 0 Å². The van der Waals surface area contributed by atoms with Gasteiger partial charge >= 0.3 is 0 Å². The third-order valence-electron chi connectivity index (χ3n) is 9.63. The summed E-state index contributed by atoms with van der Waals surface area (Å²) >= 11 is 0. The number of nitrogens with zero attached hydrogens (tertiary/aromatic N) is 4. The largest absolute Gasteiger partial charge is 0.255 e. The van der Waals surface area contributed by atoms with Gasteiger partial charge in [0.05, 0.1) is 5.69 Å². The Kier molecular flexibility index (Phi) is 9.18. The molecule has 2 heterocycles. The molecule has 258 valence electrons. The molecule has 0 bridgehead atoms. The van der Waals surface area contributed by atoms with Crippen molar-refractivity contribution >= 4 is 0 Å². The average molecular weight is 679 g/mol. The molecular weight excluding hydrogens is 633 g/mol. The van der Waals surface area contributed by atoms with Crippen molar-refractivity contribution in [3.8, 4) is 67.7 Å². The number of hydrogen-bond donors (Lipinski definition) is 0. The van der Waals surface area contributed by atoms with Gasteiger partial charge in [-0.3, -0.25) is 4.98 Å². The molecule has 0 radical (unpaired) electrons. The van der Waals surface area contributed by atoms with E-state index in [4.69, 9.17) is 19.9 Å². The fraction of sp³-hybridized carbons (Fsp3) is 0.208. The minimum atomic E-state index is 0.0571. The van der Waals surface area contributed by atoms with E-state index in [1.54, 1.807) is 0 Å². The van der Waals surface area contributed by atoms with Gasteiger partial charge in [0, 0.05) is 28.5 Å². The lowest BCUT2D eigenvalue weighted by Gasteiger charge is -2.19. The molecule has 4 heteroatoms. The average Bonchev–Trinajstić information content (AvgIpc) is 3.14. The molecule has 0 N–H and O–H groups in total. The van der Waals surface area contributed by atoms with Crippen molar-refractivity contribution in [1.82, 2.24) is 19.9 Å². The Bertz CT molecular complexity index is 2240. The zero-order valence-corrected chi connectivity index (χ0v) is 31.5. The van der Waals surface area contributed by atoms with Crippen LogP contribution in [0, 0.1) is 13.8 Å². The topological polar surface area (TPSA) is 51.6 Å². The normalized spacial score (nSPS) is 11.8. The van der Waals surface area contributed by atoms with Gasteiger partial charge in [0.2, 0.25) is 0 Å². The van der Waals surface area contributed by atoms with Gasteiger partial charge in [0.25, 0.3) is 0 Å². The highest BCUT2D eigenvalue weighted by Gasteiger charge is 2.18. The standard InChI is InChI=1S/C48H46N4/c1-31-27-32(2)29-38(28-31)42-12-10-9-11-41(42)33-13-15-34(16-14-33)43-26-21-37(30-49-43)46-51-44(35-17-22-39(23-18-35)47(3,4)5)50-45(52-46)36-19-24-40(25-20-36)48(6,7)8/h9-30H,1-8H3. The molecule has 0 atom stereocenters. The molecule has 52 heavy (non-hydrogen) atoms. The van der Waals surface area contributed by atoms with E-state index >= 15 is 0 Å². The van der Waals surface area contributed by atoms with Crippen LogP contribution in [0.5, 0.6) is 0 Å². The second-order valence-corrected chi connectivity index (χ2v) is 15.9. The number of benzene rings is 5. The monoisotopic (exact) mass is 678 g/mol. The van der Waals surface area contributed by atoms with Gasteiger partial charge in [-0.05, 0) is 70.2 Å². The first-order valence-corrected chi connectivity index (χ1v) is 18.0. The zero-order chi connectivity index (χ0) is 36.6. The van der Waals surface area contributed by atoms with E-state index in [9.17, 15) is 0 Å². The van der Waals surface area contributed by atoms with Gasteiger partial charge in [0.15, 0.2) is 17.5 Å². The van der Waals surface area contributed by atoms with Crippen LogP contribution in [0.4, 0.5) is 0 Å². The second kappa shape index (κ2) is 13.8. The van der Waals surface area contributed by atoms with E-state index < -0.39 is 0 Å². The lowest BCUT2D eigenvalue weighted by Crippen LogP contribution is -2.10. The van der Waals surface area contributed by atoms with E-state index in [2.05, 4.69) is 177 Å². The van der Waals surface area contributed by atoms with E-state index in [0.717, 1.165) is 27.9 Å². The minimum Gasteiger partial charge on any atom is -0.255 e. The smallest absolute Gasteiger partial charge is 0.165 e. The van der Waals surface area contributed by atoms with Gasteiger partial charge < -0.3 is 0 Å². The molecule has 0 aliphatic carbocycles. The highest BCUT2D eigenvalue weighted by Crippen LogP contribution is 2.35. The predicted octanol–water partition coefficient (Wildman–Crippen LogP) is 12.5. The summed E-state index contributed by atoms with van der Waals surface area (Å²) < 4.78 is 0. The lowest BCUT2D eigenvalue weighted by atomic mass is 9.86.